The highest BCUT2D eigenvalue weighted by Gasteiger charge is 2.34. The van der Waals surface area contributed by atoms with E-state index in [9.17, 15) is 4.79 Å². The van der Waals surface area contributed by atoms with E-state index in [-0.39, 0.29) is 17.6 Å². The third kappa shape index (κ3) is 3.44. The quantitative estimate of drug-likeness (QED) is 0.819. The summed E-state index contributed by atoms with van der Waals surface area (Å²) in [6.07, 6.45) is 2.74. The Morgan fingerprint density at radius 3 is 2.75 bits per heavy atom. The predicted octanol–water partition coefficient (Wildman–Crippen LogP) is 4.75. The summed E-state index contributed by atoms with van der Waals surface area (Å²) in [5.41, 5.74) is 2.65. The molecule has 1 heterocycles. The Kier molecular flexibility index (Phi) is 4.59. The molecule has 24 heavy (non-hydrogen) atoms. The Labute approximate surface area is 147 Å². The zero-order valence-corrected chi connectivity index (χ0v) is 15.4. The Bertz CT molecular complexity index is 770. The van der Waals surface area contributed by atoms with Gasteiger partial charge in [0.15, 0.2) is 0 Å². The van der Waals surface area contributed by atoms with Crippen LogP contribution in [0.25, 0.3) is 0 Å². The summed E-state index contributed by atoms with van der Waals surface area (Å²) in [4.78, 5) is 13.8. The van der Waals surface area contributed by atoms with Crippen LogP contribution in [-0.4, -0.2) is 17.8 Å². The minimum absolute atomic E-state index is 0.0323. The van der Waals surface area contributed by atoms with Crippen LogP contribution in [0, 0.1) is 6.92 Å². The highest BCUT2D eigenvalue weighted by atomic mass is 32.2. The molecule has 0 bridgehead atoms. The summed E-state index contributed by atoms with van der Waals surface area (Å²) < 4.78 is 6.08. The van der Waals surface area contributed by atoms with E-state index >= 15 is 0 Å². The van der Waals surface area contributed by atoms with Gasteiger partial charge in [-0.3, -0.25) is 4.79 Å². The first-order valence-corrected chi connectivity index (χ1v) is 9.35. The first kappa shape index (κ1) is 16.9. The number of hydrogen-bond acceptors (Lipinski definition) is 3. The second-order valence-electron chi connectivity index (χ2n) is 6.83. The van der Waals surface area contributed by atoms with Crippen molar-refractivity contribution in [2.75, 3.05) is 6.26 Å². The van der Waals surface area contributed by atoms with Crippen LogP contribution in [0.3, 0.4) is 0 Å². The van der Waals surface area contributed by atoms with Gasteiger partial charge in [0.05, 0.1) is 11.6 Å². The standard InChI is InChI=1S/C20H23NO2S/c1-13-9-10-17-15(11-13)16(12-20(2,3)23-17)21-19(22)14-7-5-6-8-18(14)24-4/h5-11,16H,12H2,1-4H3,(H,21,22)/t16-/m0/s1. The summed E-state index contributed by atoms with van der Waals surface area (Å²) in [5.74, 6) is 0.829. The van der Waals surface area contributed by atoms with Crippen molar-refractivity contribution in [2.24, 2.45) is 0 Å². The number of fused-ring (bicyclic) bond motifs is 1. The average Bonchev–Trinajstić information content (AvgIpc) is 2.54. The van der Waals surface area contributed by atoms with Gasteiger partial charge in [-0.25, -0.2) is 0 Å². The lowest BCUT2D eigenvalue weighted by atomic mass is 9.88. The van der Waals surface area contributed by atoms with Crippen molar-refractivity contribution < 1.29 is 9.53 Å². The molecule has 0 spiro atoms. The van der Waals surface area contributed by atoms with Crippen molar-refractivity contribution in [1.82, 2.24) is 5.32 Å². The van der Waals surface area contributed by atoms with Crippen LogP contribution in [-0.2, 0) is 0 Å². The Morgan fingerprint density at radius 1 is 1.25 bits per heavy atom. The lowest BCUT2D eigenvalue weighted by Crippen LogP contribution is -2.41. The maximum atomic E-state index is 12.8. The molecule has 3 rings (SSSR count). The van der Waals surface area contributed by atoms with E-state index in [0.717, 1.165) is 28.2 Å². The molecule has 0 saturated carbocycles. The maximum absolute atomic E-state index is 12.8. The SMILES string of the molecule is CSc1ccccc1C(=O)N[C@H]1CC(C)(C)Oc2ccc(C)cc21. The predicted molar refractivity (Wildman–Crippen MR) is 98.9 cm³/mol. The zero-order chi connectivity index (χ0) is 17.3. The molecule has 3 nitrogen and oxygen atoms in total. The Balaban J connectivity index is 1.92. The number of aryl methyl sites for hydroxylation is 1. The van der Waals surface area contributed by atoms with E-state index in [4.69, 9.17) is 4.74 Å². The fourth-order valence-corrected chi connectivity index (χ4v) is 3.77. The van der Waals surface area contributed by atoms with Crippen molar-refractivity contribution in [1.29, 1.82) is 0 Å². The Hall–Kier alpha value is -1.94. The van der Waals surface area contributed by atoms with Gasteiger partial charge in [0.2, 0.25) is 0 Å². The molecule has 4 heteroatoms. The lowest BCUT2D eigenvalue weighted by Gasteiger charge is -2.38. The monoisotopic (exact) mass is 341 g/mol. The molecule has 2 aromatic rings. The average molecular weight is 341 g/mol. The van der Waals surface area contributed by atoms with Gasteiger partial charge in [0.1, 0.15) is 11.4 Å². The number of nitrogens with one attached hydrogen (secondary N) is 1. The minimum Gasteiger partial charge on any atom is -0.487 e. The van der Waals surface area contributed by atoms with Crippen LogP contribution in [0.5, 0.6) is 5.75 Å². The van der Waals surface area contributed by atoms with Gasteiger partial charge in [-0.2, -0.15) is 0 Å². The molecule has 2 aromatic carbocycles. The number of amides is 1. The smallest absolute Gasteiger partial charge is 0.252 e. The Morgan fingerprint density at radius 2 is 2.00 bits per heavy atom. The van der Waals surface area contributed by atoms with E-state index in [0.29, 0.717) is 0 Å². The van der Waals surface area contributed by atoms with Gasteiger partial charge in [-0.15, -0.1) is 11.8 Å². The van der Waals surface area contributed by atoms with Crippen molar-refractivity contribution >= 4 is 17.7 Å². The summed E-state index contributed by atoms with van der Waals surface area (Å²) in [5, 5.41) is 3.22. The van der Waals surface area contributed by atoms with Crippen LogP contribution in [0.2, 0.25) is 0 Å². The van der Waals surface area contributed by atoms with E-state index in [1.807, 2.05) is 42.7 Å². The van der Waals surface area contributed by atoms with E-state index < -0.39 is 0 Å². The molecule has 0 unspecified atom stereocenters. The van der Waals surface area contributed by atoms with Crippen molar-refractivity contribution in [2.45, 2.75) is 43.7 Å². The topological polar surface area (TPSA) is 38.3 Å². The molecule has 0 radical (unpaired) electrons. The molecule has 0 fully saturated rings. The molecule has 0 aromatic heterocycles. The molecule has 0 aliphatic carbocycles. The fraction of sp³-hybridized carbons (Fsp3) is 0.350. The number of benzene rings is 2. The highest BCUT2D eigenvalue weighted by molar-refractivity contribution is 7.98. The molecule has 126 valence electrons. The summed E-state index contributed by atoms with van der Waals surface area (Å²) >= 11 is 1.59. The molecular formula is C20H23NO2S. The van der Waals surface area contributed by atoms with Gasteiger partial charge in [-0.1, -0.05) is 29.8 Å². The molecule has 1 aliphatic heterocycles. The van der Waals surface area contributed by atoms with Crippen molar-refractivity contribution in [3.8, 4) is 5.75 Å². The summed E-state index contributed by atoms with van der Waals surface area (Å²) in [6, 6.07) is 13.8. The number of hydrogen-bond donors (Lipinski definition) is 1. The van der Waals surface area contributed by atoms with Crippen molar-refractivity contribution in [3.05, 3.63) is 59.2 Å². The second kappa shape index (κ2) is 6.52. The zero-order valence-electron chi connectivity index (χ0n) is 14.6. The second-order valence-corrected chi connectivity index (χ2v) is 7.68. The van der Waals surface area contributed by atoms with Crippen LogP contribution in [0.1, 0.15) is 47.8 Å². The van der Waals surface area contributed by atoms with Crippen LogP contribution in [0.15, 0.2) is 47.4 Å². The molecular weight excluding hydrogens is 318 g/mol. The number of ether oxygens (including phenoxy) is 1. The minimum atomic E-state index is -0.306. The maximum Gasteiger partial charge on any atom is 0.252 e. The van der Waals surface area contributed by atoms with Gasteiger partial charge in [0, 0.05) is 16.9 Å². The third-order valence-corrected chi connectivity index (χ3v) is 5.08. The largest absolute Gasteiger partial charge is 0.487 e. The van der Waals surface area contributed by atoms with Gasteiger partial charge in [0.25, 0.3) is 5.91 Å². The summed E-state index contributed by atoms with van der Waals surface area (Å²) in [7, 11) is 0. The van der Waals surface area contributed by atoms with Crippen LogP contribution < -0.4 is 10.1 Å². The van der Waals surface area contributed by atoms with E-state index in [1.54, 1.807) is 11.8 Å². The normalized spacial score (nSPS) is 18.4. The van der Waals surface area contributed by atoms with Crippen molar-refractivity contribution in [3.63, 3.8) is 0 Å². The fourth-order valence-electron chi connectivity index (χ4n) is 3.17. The molecule has 0 saturated heterocycles. The molecule has 1 aliphatic rings. The van der Waals surface area contributed by atoms with E-state index in [1.165, 1.54) is 5.56 Å². The first-order chi connectivity index (χ1) is 11.4. The van der Waals surface area contributed by atoms with Crippen LogP contribution >= 0.6 is 11.8 Å². The van der Waals surface area contributed by atoms with Gasteiger partial charge in [-0.05, 0) is 45.2 Å². The van der Waals surface area contributed by atoms with Gasteiger partial charge < -0.3 is 10.1 Å². The molecule has 1 N–H and O–H groups in total. The number of thioether (sulfide) groups is 1. The number of carbonyl (C=O) groups excluding carboxylic acids is 1. The van der Waals surface area contributed by atoms with Crippen LogP contribution in [0.4, 0.5) is 0 Å². The molecule has 1 atom stereocenters. The molecule has 1 amide bonds. The van der Waals surface area contributed by atoms with Gasteiger partial charge >= 0.3 is 0 Å². The lowest BCUT2D eigenvalue weighted by molar-refractivity contribution is 0.0618. The number of rotatable bonds is 3. The van der Waals surface area contributed by atoms with E-state index in [2.05, 4.69) is 32.2 Å². The third-order valence-electron chi connectivity index (χ3n) is 4.28. The summed E-state index contributed by atoms with van der Waals surface area (Å²) in [6.45, 7) is 6.18. The highest BCUT2D eigenvalue weighted by Crippen LogP contribution is 2.40. The number of carbonyl (C=O) groups is 1. The first-order valence-electron chi connectivity index (χ1n) is 8.13.